The Labute approximate surface area is 105 Å². The van der Waals surface area contributed by atoms with Gasteiger partial charge in [0.2, 0.25) is 0 Å². The molecule has 0 saturated heterocycles. The molecule has 0 saturated carbocycles. The molecule has 0 radical (unpaired) electrons. The largest absolute Gasteiger partial charge is 0.496 e. The summed E-state index contributed by atoms with van der Waals surface area (Å²) in [6.07, 6.45) is -4.54. The molecule has 1 atom stereocenters. The van der Waals surface area contributed by atoms with Crippen molar-refractivity contribution in [2.45, 2.75) is 12.2 Å². The Hall–Kier alpha value is -0.950. The van der Waals surface area contributed by atoms with Crippen molar-refractivity contribution in [3.8, 4) is 11.5 Å². The smallest absolute Gasteiger partial charge is 0.407 e. The SMILES string of the molecule is COc1cc([C@@H](N)C(F)(F)F)c(OC)cc1Br. The minimum Gasteiger partial charge on any atom is -0.496 e. The average molecular weight is 314 g/mol. The zero-order chi connectivity index (χ0) is 13.2. The first-order chi connectivity index (χ1) is 7.81. The van der Waals surface area contributed by atoms with Gasteiger partial charge in [-0.1, -0.05) is 0 Å². The molecule has 7 heteroatoms. The molecule has 0 aliphatic rings. The summed E-state index contributed by atoms with van der Waals surface area (Å²) in [5, 5.41) is 0. The summed E-state index contributed by atoms with van der Waals surface area (Å²) in [5.74, 6) is 0.322. The van der Waals surface area contributed by atoms with Crippen LogP contribution in [0.25, 0.3) is 0 Å². The van der Waals surface area contributed by atoms with Crippen LogP contribution >= 0.6 is 15.9 Å². The Kier molecular flexibility index (Phi) is 4.26. The lowest BCUT2D eigenvalue weighted by molar-refractivity contribution is -0.149. The molecular formula is C10H11BrF3NO2. The van der Waals surface area contributed by atoms with Crippen molar-refractivity contribution in [2.24, 2.45) is 5.73 Å². The number of methoxy groups -OCH3 is 2. The molecule has 0 unspecified atom stereocenters. The van der Waals surface area contributed by atoms with E-state index in [1.165, 1.54) is 26.4 Å². The molecule has 3 nitrogen and oxygen atoms in total. The molecule has 17 heavy (non-hydrogen) atoms. The van der Waals surface area contributed by atoms with Crippen molar-refractivity contribution in [3.63, 3.8) is 0 Å². The van der Waals surface area contributed by atoms with E-state index in [9.17, 15) is 13.2 Å². The fourth-order valence-electron chi connectivity index (χ4n) is 1.30. The topological polar surface area (TPSA) is 44.5 Å². The van der Waals surface area contributed by atoms with Crippen molar-refractivity contribution in [1.82, 2.24) is 0 Å². The third kappa shape index (κ3) is 3.04. The first kappa shape index (κ1) is 14.1. The highest BCUT2D eigenvalue weighted by atomic mass is 79.9. The van der Waals surface area contributed by atoms with Crippen LogP contribution in [-0.4, -0.2) is 20.4 Å². The Morgan fingerprint density at radius 1 is 1.18 bits per heavy atom. The highest BCUT2D eigenvalue weighted by Crippen LogP contribution is 2.40. The first-order valence-electron chi connectivity index (χ1n) is 4.55. The van der Waals surface area contributed by atoms with Gasteiger partial charge in [-0.2, -0.15) is 13.2 Å². The molecule has 1 aromatic rings. The summed E-state index contributed by atoms with van der Waals surface area (Å²) in [6, 6.07) is 0.486. The number of rotatable bonds is 3. The Morgan fingerprint density at radius 3 is 2.12 bits per heavy atom. The Balaban J connectivity index is 3.30. The summed E-state index contributed by atoms with van der Waals surface area (Å²) in [7, 11) is 2.64. The van der Waals surface area contributed by atoms with Gasteiger partial charge in [0.25, 0.3) is 0 Å². The van der Waals surface area contributed by atoms with Gasteiger partial charge in [0, 0.05) is 5.56 Å². The molecule has 0 amide bonds. The Morgan fingerprint density at radius 2 is 1.71 bits per heavy atom. The number of ether oxygens (including phenoxy) is 2. The lowest BCUT2D eigenvalue weighted by Crippen LogP contribution is -2.28. The quantitative estimate of drug-likeness (QED) is 0.933. The van der Waals surface area contributed by atoms with Gasteiger partial charge in [-0.05, 0) is 28.1 Å². The van der Waals surface area contributed by atoms with E-state index in [-0.39, 0.29) is 17.1 Å². The minimum absolute atomic E-state index is 0.0579. The van der Waals surface area contributed by atoms with Crippen LogP contribution in [0.1, 0.15) is 11.6 Å². The van der Waals surface area contributed by atoms with Crippen LogP contribution in [-0.2, 0) is 0 Å². The maximum Gasteiger partial charge on any atom is 0.407 e. The highest BCUT2D eigenvalue weighted by molar-refractivity contribution is 9.10. The second kappa shape index (κ2) is 5.14. The van der Waals surface area contributed by atoms with Gasteiger partial charge in [-0.25, -0.2) is 0 Å². The van der Waals surface area contributed by atoms with Gasteiger partial charge >= 0.3 is 6.18 Å². The number of hydrogen-bond donors (Lipinski definition) is 1. The van der Waals surface area contributed by atoms with Gasteiger partial charge in [-0.15, -0.1) is 0 Å². The highest BCUT2D eigenvalue weighted by Gasteiger charge is 2.39. The molecule has 1 rings (SSSR count). The molecule has 0 aromatic heterocycles. The zero-order valence-corrected chi connectivity index (χ0v) is 10.7. The van der Waals surface area contributed by atoms with Crippen LogP contribution in [0.5, 0.6) is 11.5 Å². The fourth-order valence-corrected chi connectivity index (χ4v) is 1.79. The molecule has 0 aliphatic carbocycles. The van der Waals surface area contributed by atoms with Gasteiger partial charge in [0.15, 0.2) is 0 Å². The molecule has 0 aliphatic heterocycles. The molecule has 0 fully saturated rings. The van der Waals surface area contributed by atoms with E-state index < -0.39 is 12.2 Å². The van der Waals surface area contributed by atoms with Crippen molar-refractivity contribution < 1.29 is 22.6 Å². The predicted octanol–water partition coefficient (Wildman–Crippen LogP) is 3.03. The second-order valence-corrected chi connectivity index (χ2v) is 4.10. The number of benzene rings is 1. The van der Waals surface area contributed by atoms with Crippen LogP contribution in [0.4, 0.5) is 13.2 Å². The summed E-state index contributed by atoms with van der Waals surface area (Å²) < 4.78 is 48.0. The molecule has 0 bridgehead atoms. The number of halogens is 4. The minimum atomic E-state index is -4.54. The number of alkyl halides is 3. The van der Waals surface area contributed by atoms with E-state index in [0.29, 0.717) is 4.47 Å². The fraction of sp³-hybridized carbons (Fsp3) is 0.400. The predicted molar refractivity (Wildman–Crippen MR) is 60.2 cm³/mol. The summed E-state index contributed by atoms with van der Waals surface area (Å²) in [6.45, 7) is 0. The van der Waals surface area contributed by atoms with Crippen molar-refractivity contribution in [3.05, 3.63) is 22.2 Å². The van der Waals surface area contributed by atoms with Crippen molar-refractivity contribution >= 4 is 15.9 Å². The van der Waals surface area contributed by atoms with Crippen LogP contribution < -0.4 is 15.2 Å². The van der Waals surface area contributed by atoms with E-state index in [1.54, 1.807) is 0 Å². The summed E-state index contributed by atoms with van der Waals surface area (Å²) >= 11 is 3.15. The van der Waals surface area contributed by atoms with E-state index >= 15 is 0 Å². The van der Waals surface area contributed by atoms with Crippen molar-refractivity contribution in [2.75, 3.05) is 14.2 Å². The van der Waals surface area contributed by atoms with Crippen molar-refractivity contribution in [1.29, 1.82) is 0 Å². The van der Waals surface area contributed by atoms with E-state index in [4.69, 9.17) is 15.2 Å². The van der Waals surface area contributed by atoms with Crippen LogP contribution in [0, 0.1) is 0 Å². The van der Waals surface area contributed by atoms with Crippen LogP contribution in [0.3, 0.4) is 0 Å². The molecule has 96 valence electrons. The third-order valence-electron chi connectivity index (χ3n) is 2.19. The second-order valence-electron chi connectivity index (χ2n) is 3.25. The molecular weight excluding hydrogens is 303 g/mol. The normalized spacial score (nSPS) is 13.4. The van der Waals surface area contributed by atoms with Gasteiger partial charge in [0.05, 0.1) is 18.7 Å². The summed E-state index contributed by atoms with van der Waals surface area (Å²) in [4.78, 5) is 0. The lowest BCUT2D eigenvalue weighted by Gasteiger charge is -2.19. The monoisotopic (exact) mass is 313 g/mol. The third-order valence-corrected chi connectivity index (χ3v) is 2.81. The van der Waals surface area contributed by atoms with Gasteiger partial charge in [-0.3, -0.25) is 0 Å². The molecule has 0 heterocycles. The summed E-state index contributed by atoms with van der Waals surface area (Å²) in [5.41, 5.74) is 4.98. The maximum absolute atomic E-state index is 12.6. The molecule has 1 aromatic carbocycles. The average Bonchev–Trinajstić information content (AvgIpc) is 2.26. The molecule has 0 spiro atoms. The van der Waals surface area contributed by atoms with Gasteiger partial charge < -0.3 is 15.2 Å². The Bertz CT molecular complexity index is 409. The standard InChI is InChI=1S/C10H11BrF3NO2/c1-16-7-4-6(11)8(17-2)3-5(7)9(15)10(12,13)14/h3-4,9H,15H2,1-2H3/t9-/m1/s1. The maximum atomic E-state index is 12.6. The number of hydrogen-bond acceptors (Lipinski definition) is 3. The first-order valence-corrected chi connectivity index (χ1v) is 5.34. The van der Waals surface area contributed by atoms with E-state index in [1.807, 2.05) is 0 Å². The molecule has 2 N–H and O–H groups in total. The van der Waals surface area contributed by atoms with Crippen LogP contribution in [0.15, 0.2) is 16.6 Å². The zero-order valence-electron chi connectivity index (χ0n) is 9.14. The van der Waals surface area contributed by atoms with Crippen LogP contribution in [0.2, 0.25) is 0 Å². The van der Waals surface area contributed by atoms with Gasteiger partial charge in [0.1, 0.15) is 17.5 Å². The van der Waals surface area contributed by atoms with E-state index in [2.05, 4.69) is 15.9 Å². The van der Waals surface area contributed by atoms with E-state index in [0.717, 1.165) is 0 Å². The number of nitrogens with two attached hydrogens (primary N) is 1. The lowest BCUT2D eigenvalue weighted by atomic mass is 10.1.